The Labute approximate surface area is 86.3 Å². The van der Waals surface area contributed by atoms with Crippen LogP contribution in [-0.4, -0.2) is 0 Å². The van der Waals surface area contributed by atoms with Crippen LogP contribution in [0, 0.1) is 6.92 Å². The summed E-state index contributed by atoms with van der Waals surface area (Å²) in [5, 5.41) is 0. The normalized spacial score (nSPS) is 12.7. The van der Waals surface area contributed by atoms with Crippen molar-refractivity contribution in [3.8, 4) is 0 Å². The highest BCUT2D eigenvalue weighted by Crippen LogP contribution is 2.25. The second-order valence-electron chi connectivity index (χ2n) is 3.77. The SMILES string of the molecule is [CH2]C(CCCC)c1cc(N)cc(N)c1. The van der Waals surface area contributed by atoms with Gasteiger partial charge in [-0.15, -0.1) is 0 Å². The van der Waals surface area contributed by atoms with Crippen molar-refractivity contribution in [3.63, 3.8) is 0 Å². The van der Waals surface area contributed by atoms with E-state index in [0.29, 0.717) is 5.92 Å². The molecule has 14 heavy (non-hydrogen) atoms. The van der Waals surface area contributed by atoms with E-state index in [4.69, 9.17) is 11.5 Å². The molecule has 0 aliphatic carbocycles. The maximum Gasteiger partial charge on any atom is 0.0337 e. The number of hydrogen-bond donors (Lipinski definition) is 2. The molecule has 77 valence electrons. The van der Waals surface area contributed by atoms with Crippen LogP contribution in [0.1, 0.15) is 37.7 Å². The Morgan fingerprint density at radius 2 is 1.79 bits per heavy atom. The quantitative estimate of drug-likeness (QED) is 0.719. The number of anilines is 2. The highest BCUT2D eigenvalue weighted by Gasteiger charge is 2.06. The fourth-order valence-corrected chi connectivity index (χ4v) is 1.56. The van der Waals surface area contributed by atoms with Gasteiger partial charge in [-0.1, -0.05) is 19.8 Å². The summed E-state index contributed by atoms with van der Waals surface area (Å²) in [5.74, 6) is 0.306. The number of benzene rings is 1. The summed E-state index contributed by atoms with van der Waals surface area (Å²) in [5.41, 5.74) is 14.0. The van der Waals surface area contributed by atoms with Gasteiger partial charge in [0, 0.05) is 11.4 Å². The number of rotatable bonds is 4. The van der Waals surface area contributed by atoms with Gasteiger partial charge in [0.2, 0.25) is 0 Å². The van der Waals surface area contributed by atoms with Crippen LogP contribution in [0.15, 0.2) is 18.2 Å². The molecule has 0 spiro atoms. The second kappa shape index (κ2) is 4.89. The molecule has 1 radical (unpaired) electrons. The average molecular weight is 191 g/mol. The van der Waals surface area contributed by atoms with Crippen LogP contribution in [-0.2, 0) is 0 Å². The van der Waals surface area contributed by atoms with Gasteiger partial charge in [0.15, 0.2) is 0 Å². The third kappa shape index (κ3) is 2.95. The largest absolute Gasteiger partial charge is 0.399 e. The van der Waals surface area contributed by atoms with Gasteiger partial charge in [0.25, 0.3) is 0 Å². The molecular weight excluding hydrogens is 172 g/mol. The molecule has 0 saturated heterocycles. The van der Waals surface area contributed by atoms with Crippen molar-refractivity contribution in [3.05, 3.63) is 30.7 Å². The van der Waals surface area contributed by atoms with Crippen LogP contribution >= 0.6 is 0 Å². The second-order valence-corrected chi connectivity index (χ2v) is 3.77. The minimum absolute atomic E-state index is 0.306. The molecule has 0 heterocycles. The van der Waals surface area contributed by atoms with Gasteiger partial charge in [-0.2, -0.15) is 0 Å². The first kappa shape index (κ1) is 10.9. The fraction of sp³-hybridized carbons (Fsp3) is 0.417. The van der Waals surface area contributed by atoms with Gasteiger partial charge in [-0.3, -0.25) is 0 Å². The maximum absolute atomic E-state index is 5.72. The minimum atomic E-state index is 0.306. The predicted octanol–water partition coefficient (Wildman–Crippen LogP) is 2.96. The Morgan fingerprint density at radius 3 is 2.29 bits per heavy atom. The van der Waals surface area contributed by atoms with Gasteiger partial charge in [0.1, 0.15) is 0 Å². The lowest BCUT2D eigenvalue weighted by molar-refractivity contribution is 0.662. The van der Waals surface area contributed by atoms with Crippen molar-refractivity contribution in [1.82, 2.24) is 0 Å². The fourth-order valence-electron chi connectivity index (χ4n) is 1.56. The lowest BCUT2D eigenvalue weighted by Crippen LogP contribution is -1.98. The number of nitrogen functional groups attached to an aromatic ring is 2. The summed E-state index contributed by atoms with van der Waals surface area (Å²) in [6.45, 7) is 6.30. The first-order chi connectivity index (χ1) is 6.63. The highest BCUT2D eigenvalue weighted by atomic mass is 14.6. The molecule has 1 unspecified atom stereocenters. The van der Waals surface area contributed by atoms with Crippen LogP contribution in [0.3, 0.4) is 0 Å². The van der Waals surface area contributed by atoms with Gasteiger partial charge in [-0.25, -0.2) is 0 Å². The summed E-state index contributed by atoms with van der Waals surface area (Å²) in [4.78, 5) is 0. The molecule has 0 aliphatic rings. The molecule has 0 saturated carbocycles. The Balaban J connectivity index is 2.73. The molecule has 2 heteroatoms. The number of unbranched alkanes of at least 4 members (excludes halogenated alkanes) is 1. The smallest absolute Gasteiger partial charge is 0.0337 e. The van der Waals surface area contributed by atoms with Crippen molar-refractivity contribution in [2.45, 2.75) is 32.1 Å². The van der Waals surface area contributed by atoms with E-state index in [0.717, 1.165) is 23.4 Å². The van der Waals surface area contributed by atoms with Crippen molar-refractivity contribution in [2.75, 3.05) is 11.5 Å². The van der Waals surface area contributed by atoms with Gasteiger partial charge < -0.3 is 11.5 Å². The van der Waals surface area contributed by atoms with Crippen LogP contribution in [0.4, 0.5) is 11.4 Å². The third-order valence-electron chi connectivity index (χ3n) is 2.38. The Morgan fingerprint density at radius 1 is 1.21 bits per heavy atom. The van der Waals surface area contributed by atoms with Crippen LogP contribution < -0.4 is 11.5 Å². The van der Waals surface area contributed by atoms with E-state index in [9.17, 15) is 0 Å². The molecule has 0 aromatic heterocycles. The van der Waals surface area contributed by atoms with E-state index in [-0.39, 0.29) is 0 Å². The van der Waals surface area contributed by atoms with Crippen LogP contribution in [0.25, 0.3) is 0 Å². The molecule has 2 nitrogen and oxygen atoms in total. The van der Waals surface area contributed by atoms with Crippen molar-refractivity contribution in [2.24, 2.45) is 0 Å². The van der Waals surface area contributed by atoms with Gasteiger partial charge >= 0.3 is 0 Å². The minimum Gasteiger partial charge on any atom is -0.399 e. The maximum atomic E-state index is 5.72. The lowest BCUT2D eigenvalue weighted by atomic mass is 9.95. The molecule has 1 atom stereocenters. The molecule has 0 aliphatic heterocycles. The zero-order valence-electron chi connectivity index (χ0n) is 8.79. The van der Waals surface area contributed by atoms with Gasteiger partial charge in [0.05, 0.1) is 0 Å². The van der Waals surface area contributed by atoms with Crippen molar-refractivity contribution >= 4 is 11.4 Å². The zero-order valence-corrected chi connectivity index (χ0v) is 8.79. The van der Waals surface area contributed by atoms with Gasteiger partial charge in [-0.05, 0) is 43.0 Å². The monoisotopic (exact) mass is 191 g/mol. The number of hydrogen-bond acceptors (Lipinski definition) is 2. The van der Waals surface area contributed by atoms with E-state index in [2.05, 4.69) is 13.8 Å². The first-order valence-electron chi connectivity index (χ1n) is 5.12. The van der Waals surface area contributed by atoms with Crippen LogP contribution in [0.5, 0.6) is 0 Å². The standard InChI is InChI=1S/C12H19N2/c1-3-4-5-9(2)10-6-11(13)8-12(14)7-10/h6-9H,2-5,13-14H2,1H3. The molecule has 0 bridgehead atoms. The van der Waals surface area contributed by atoms with Crippen molar-refractivity contribution in [1.29, 1.82) is 0 Å². The Kier molecular flexibility index (Phi) is 3.81. The van der Waals surface area contributed by atoms with E-state index in [1.165, 1.54) is 12.8 Å². The molecule has 0 fully saturated rings. The average Bonchev–Trinajstić information content (AvgIpc) is 2.12. The highest BCUT2D eigenvalue weighted by molar-refractivity contribution is 5.55. The topological polar surface area (TPSA) is 52.0 Å². The first-order valence-corrected chi connectivity index (χ1v) is 5.12. The van der Waals surface area contributed by atoms with E-state index in [1.807, 2.05) is 12.1 Å². The zero-order chi connectivity index (χ0) is 10.6. The lowest BCUT2D eigenvalue weighted by Gasteiger charge is -2.12. The summed E-state index contributed by atoms with van der Waals surface area (Å²) in [7, 11) is 0. The van der Waals surface area contributed by atoms with Crippen molar-refractivity contribution < 1.29 is 0 Å². The molecule has 1 rings (SSSR count). The Bertz CT molecular complexity index is 274. The Hall–Kier alpha value is -1.18. The van der Waals surface area contributed by atoms with E-state index >= 15 is 0 Å². The third-order valence-corrected chi connectivity index (χ3v) is 2.38. The molecule has 0 amide bonds. The molecule has 1 aromatic carbocycles. The summed E-state index contributed by atoms with van der Waals surface area (Å²) in [6.07, 6.45) is 3.49. The molecular formula is C12H19N2. The molecule has 4 N–H and O–H groups in total. The summed E-state index contributed by atoms with van der Waals surface area (Å²) in [6, 6.07) is 5.70. The molecule has 1 aromatic rings. The van der Waals surface area contributed by atoms with Crippen LogP contribution in [0.2, 0.25) is 0 Å². The van der Waals surface area contributed by atoms with E-state index < -0.39 is 0 Å². The van der Waals surface area contributed by atoms with E-state index in [1.54, 1.807) is 6.07 Å². The predicted molar refractivity (Wildman–Crippen MR) is 62.9 cm³/mol. The summed E-state index contributed by atoms with van der Waals surface area (Å²) < 4.78 is 0. The summed E-state index contributed by atoms with van der Waals surface area (Å²) >= 11 is 0. The number of nitrogens with two attached hydrogens (primary N) is 2.